The molecule has 0 bridgehead atoms. The molecule has 0 N–H and O–H groups in total. The van der Waals surface area contributed by atoms with Gasteiger partial charge < -0.3 is 4.90 Å². The summed E-state index contributed by atoms with van der Waals surface area (Å²) in [7, 11) is 0. The van der Waals surface area contributed by atoms with Crippen molar-refractivity contribution in [2.45, 2.75) is 33.1 Å². The highest BCUT2D eigenvalue weighted by Gasteiger charge is 2.42. The second kappa shape index (κ2) is 9.65. The maximum Gasteiger partial charge on any atom is 0.282 e. The second-order valence-corrected chi connectivity index (χ2v) is 7.89. The number of rotatable bonds is 8. The molecule has 3 aromatic carbocycles. The number of benzene rings is 3. The van der Waals surface area contributed by atoms with Crippen molar-refractivity contribution in [1.29, 1.82) is 0 Å². The van der Waals surface area contributed by atoms with Gasteiger partial charge in [-0.05, 0) is 55.2 Å². The molecule has 2 amide bonds. The Kier molecular flexibility index (Phi) is 6.50. The van der Waals surface area contributed by atoms with E-state index in [-0.39, 0.29) is 11.8 Å². The van der Waals surface area contributed by atoms with Crippen LogP contribution in [-0.4, -0.2) is 18.4 Å². The van der Waals surface area contributed by atoms with Gasteiger partial charge in [0.15, 0.2) is 0 Å². The van der Waals surface area contributed by atoms with E-state index < -0.39 is 0 Å². The summed E-state index contributed by atoms with van der Waals surface area (Å²) in [5.74, 6) is -0.576. The van der Waals surface area contributed by atoms with Crippen molar-refractivity contribution < 1.29 is 9.59 Å². The molecule has 32 heavy (non-hydrogen) atoms. The Hall–Kier alpha value is -3.66. The number of unbranched alkanes of at least 4 members (excludes halogenated alkanes) is 1. The van der Waals surface area contributed by atoms with Gasteiger partial charge in [-0.1, -0.05) is 74.0 Å². The highest BCUT2D eigenvalue weighted by Crippen LogP contribution is 2.36. The minimum absolute atomic E-state index is 0.285. The Labute approximate surface area is 189 Å². The van der Waals surface area contributed by atoms with Crippen LogP contribution in [0, 0.1) is 0 Å². The van der Waals surface area contributed by atoms with Crippen LogP contribution in [0.5, 0.6) is 0 Å². The third-order valence-corrected chi connectivity index (χ3v) is 5.79. The van der Waals surface area contributed by atoms with E-state index in [9.17, 15) is 9.59 Å². The van der Waals surface area contributed by atoms with Crippen LogP contribution in [-0.2, 0) is 16.0 Å². The maximum atomic E-state index is 13.7. The summed E-state index contributed by atoms with van der Waals surface area (Å²) < 4.78 is 0. The van der Waals surface area contributed by atoms with Gasteiger partial charge in [-0.2, -0.15) is 0 Å². The number of hydrogen-bond acceptors (Lipinski definition) is 3. The Morgan fingerprint density at radius 1 is 0.750 bits per heavy atom. The van der Waals surface area contributed by atoms with E-state index in [1.807, 2.05) is 96.8 Å². The van der Waals surface area contributed by atoms with Crippen LogP contribution < -0.4 is 9.80 Å². The smallest absolute Gasteiger partial charge is 0.282 e. The predicted molar refractivity (Wildman–Crippen MR) is 130 cm³/mol. The van der Waals surface area contributed by atoms with Crippen molar-refractivity contribution in [3.63, 3.8) is 0 Å². The number of aryl methyl sites for hydroxylation is 1. The summed E-state index contributed by atoms with van der Waals surface area (Å²) in [6, 6.07) is 27.0. The van der Waals surface area contributed by atoms with Gasteiger partial charge in [0.25, 0.3) is 11.8 Å². The number of anilines is 2. The van der Waals surface area contributed by atoms with Gasteiger partial charge in [0.1, 0.15) is 5.70 Å². The first-order valence-electron chi connectivity index (χ1n) is 11.3. The van der Waals surface area contributed by atoms with E-state index in [1.165, 1.54) is 10.5 Å². The molecule has 0 radical (unpaired) electrons. The zero-order valence-corrected chi connectivity index (χ0v) is 18.6. The quantitative estimate of drug-likeness (QED) is 0.427. The number of hydrogen-bond donors (Lipinski definition) is 0. The van der Waals surface area contributed by atoms with E-state index in [2.05, 4.69) is 6.92 Å². The van der Waals surface area contributed by atoms with Gasteiger partial charge in [-0.3, -0.25) is 9.59 Å². The summed E-state index contributed by atoms with van der Waals surface area (Å²) in [4.78, 5) is 30.6. The van der Waals surface area contributed by atoms with Crippen molar-refractivity contribution in [1.82, 2.24) is 0 Å². The molecule has 0 saturated heterocycles. The monoisotopic (exact) mass is 424 g/mol. The Morgan fingerprint density at radius 3 is 1.97 bits per heavy atom. The van der Waals surface area contributed by atoms with Crippen LogP contribution >= 0.6 is 0 Å². The highest BCUT2D eigenvalue weighted by molar-refractivity contribution is 6.46. The normalized spacial score (nSPS) is 13.8. The number of amides is 2. The lowest BCUT2D eigenvalue weighted by molar-refractivity contribution is -0.120. The fourth-order valence-corrected chi connectivity index (χ4v) is 4.14. The first-order valence-corrected chi connectivity index (χ1v) is 11.3. The fourth-order valence-electron chi connectivity index (χ4n) is 4.14. The van der Waals surface area contributed by atoms with Crippen molar-refractivity contribution >= 4 is 28.8 Å². The van der Waals surface area contributed by atoms with Gasteiger partial charge in [-0.15, -0.1) is 0 Å². The zero-order chi connectivity index (χ0) is 22.5. The molecular weight excluding hydrogens is 396 g/mol. The molecule has 0 aromatic heterocycles. The van der Waals surface area contributed by atoms with Gasteiger partial charge in [0, 0.05) is 12.2 Å². The molecule has 162 valence electrons. The number of para-hydroxylation sites is 1. The van der Waals surface area contributed by atoms with Crippen LogP contribution in [0.4, 0.5) is 11.4 Å². The first kappa shape index (κ1) is 21.6. The Balaban J connectivity index is 1.79. The molecule has 1 heterocycles. The Bertz CT molecular complexity index is 1120. The molecule has 4 rings (SSSR count). The molecular formula is C28H28N2O2. The van der Waals surface area contributed by atoms with Crippen LogP contribution in [0.15, 0.2) is 90.6 Å². The summed E-state index contributed by atoms with van der Waals surface area (Å²) >= 11 is 0. The second-order valence-electron chi connectivity index (χ2n) is 7.89. The van der Waals surface area contributed by atoms with Crippen LogP contribution in [0.2, 0.25) is 0 Å². The van der Waals surface area contributed by atoms with E-state index in [0.29, 0.717) is 23.5 Å². The summed E-state index contributed by atoms with van der Waals surface area (Å²) in [6.07, 6.45) is 3.24. The zero-order valence-electron chi connectivity index (χ0n) is 18.6. The minimum Gasteiger partial charge on any atom is -0.337 e. The standard InChI is InChI=1S/C28H28N2O2/c1-3-5-12-21-17-19-24(20-18-21)30-27(31)25(22-13-8-6-9-14-22)26(28(30)32)29(4-2)23-15-10-7-11-16-23/h6-11,13-20H,3-5,12H2,1-2H3. The molecule has 0 fully saturated rings. The molecule has 4 heteroatoms. The minimum atomic E-state index is -0.291. The molecule has 0 aliphatic carbocycles. The molecule has 0 spiro atoms. The van der Waals surface area contributed by atoms with Gasteiger partial charge in [0.05, 0.1) is 11.3 Å². The molecule has 0 saturated carbocycles. The third kappa shape index (κ3) is 4.09. The third-order valence-electron chi connectivity index (χ3n) is 5.79. The molecule has 1 aliphatic rings. The topological polar surface area (TPSA) is 40.6 Å². The molecule has 0 atom stereocenters. The lowest BCUT2D eigenvalue weighted by atomic mass is 10.0. The summed E-state index contributed by atoms with van der Waals surface area (Å²) in [6.45, 7) is 4.73. The largest absolute Gasteiger partial charge is 0.337 e. The number of likely N-dealkylation sites (N-methyl/N-ethyl adjacent to an activating group) is 1. The lowest BCUT2D eigenvalue weighted by Gasteiger charge is -2.25. The predicted octanol–water partition coefficient (Wildman–Crippen LogP) is 5.84. The van der Waals surface area contributed by atoms with Crippen molar-refractivity contribution in [2.75, 3.05) is 16.3 Å². The Morgan fingerprint density at radius 2 is 1.38 bits per heavy atom. The van der Waals surface area contributed by atoms with Crippen LogP contribution in [0.3, 0.4) is 0 Å². The molecule has 0 unspecified atom stereocenters. The van der Waals surface area contributed by atoms with Gasteiger partial charge >= 0.3 is 0 Å². The van der Waals surface area contributed by atoms with Crippen molar-refractivity contribution in [2.24, 2.45) is 0 Å². The van der Waals surface area contributed by atoms with Gasteiger partial charge in [0.2, 0.25) is 0 Å². The maximum absolute atomic E-state index is 13.7. The SMILES string of the molecule is CCCCc1ccc(N2C(=O)C(c3ccccc3)=C(N(CC)c3ccccc3)C2=O)cc1. The van der Waals surface area contributed by atoms with Crippen molar-refractivity contribution in [3.05, 3.63) is 102 Å². The van der Waals surface area contributed by atoms with E-state index in [4.69, 9.17) is 0 Å². The number of imide groups is 1. The molecule has 4 nitrogen and oxygen atoms in total. The number of carbonyl (C=O) groups is 2. The van der Waals surface area contributed by atoms with E-state index in [1.54, 1.807) is 0 Å². The van der Waals surface area contributed by atoms with Crippen LogP contribution in [0.25, 0.3) is 5.57 Å². The summed E-state index contributed by atoms with van der Waals surface area (Å²) in [5, 5.41) is 0. The highest BCUT2D eigenvalue weighted by atomic mass is 16.2. The number of carbonyl (C=O) groups excluding carboxylic acids is 2. The van der Waals surface area contributed by atoms with E-state index in [0.717, 1.165) is 30.5 Å². The lowest BCUT2D eigenvalue weighted by Crippen LogP contribution is -2.35. The van der Waals surface area contributed by atoms with Crippen LogP contribution in [0.1, 0.15) is 37.8 Å². The average Bonchev–Trinajstić information content (AvgIpc) is 3.10. The fraction of sp³-hybridized carbons (Fsp3) is 0.214. The molecule has 1 aliphatic heterocycles. The first-order chi connectivity index (χ1) is 15.7. The summed E-state index contributed by atoms with van der Waals surface area (Å²) in [5.41, 5.74) is 4.31. The van der Waals surface area contributed by atoms with Gasteiger partial charge in [-0.25, -0.2) is 4.90 Å². The average molecular weight is 425 g/mol. The van der Waals surface area contributed by atoms with E-state index >= 15 is 0 Å². The molecule has 3 aromatic rings. The number of nitrogens with zero attached hydrogens (tertiary/aromatic N) is 2. The van der Waals surface area contributed by atoms with Crippen molar-refractivity contribution in [3.8, 4) is 0 Å².